The number of nitrogens with two attached hydrogens (primary N) is 1. The van der Waals surface area contributed by atoms with Crippen LogP contribution in [0.3, 0.4) is 0 Å². The number of halogens is 5. The Morgan fingerprint density at radius 2 is 1.81 bits per heavy atom. The molecule has 0 saturated heterocycles. The Hall–Kier alpha value is -0.620. The molecular weight excluding hydrogens is 350 g/mol. The van der Waals surface area contributed by atoms with E-state index in [1.807, 2.05) is 0 Å². The van der Waals surface area contributed by atoms with Crippen LogP contribution in [0.4, 0.5) is 17.6 Å². The van der Waals surface area contributed by atoms with Crippen molar-refractivity contribution in [3.05, 3.63) is 34.1 Å². The summed E-state index contributed by atoms with van der Waals surface area (Å²) in [5.74, 6) is -1.47. The second-order valence-corrected chi connectivity index (χ2v) is 6.53. The first-order valence-electron chi connectivity index (χ1n) is 7.04. The Morgan fingerprint density at radius 1 is 1.19 bits per heavy atom. The minimum atomic E-state index is -4.10. The van der Waals surface area contributed by atoms with Crippen LogP contribution >= 0.6 is 15.9 Å². The highest BCUT2D eigenvalue weighted by Gasteiger charge is 2.42. The summed E-state index contributed by atoms with van der Waals surface area (Å²) >= 11 is 3.19. The first kappa shape index (κ1) is 16.7. The molecule has 1 aromatic carbocycles. The van der Waals surface area contributed by atoms with Gasteiger partial charge in [-0.25, -0.2) is 4.39 Å². The van der Waals surface area contributed by atoms with Gasteiger partial charge in [-0.05, 0) is 65.6 Å². The Bertz CT molecular complexity index is 481. The lowest BCUT2D eigenvalue weighted by Gasteiger charge is -2.33. The van der Waals surface area contributed by atoms with E-state index in [1.165, 1.54) is 6.07 Å². The van der Waals surface area contributed by atoms with E-state index in [4.69, 9.17) is 5.73 Å². The van der Waals surface area contributed by atoms with Crippen molar-refractivity contribution >= 4 is 15.9 Å². The molecule has 0 radical (unpaired) electrons. The number of alkyl halides is 3. The van der Waals surface area contributed by atoms with E-state index in [9.17, 15) is 17.6 Å². The summed E-state index contributed by atoms with van der Waals surface area (Å²) in [4.78, 5) is 0. The fraction of sp³-hybridized carbons (Fsp3) is 0.600. The van der Waals surface area contributed by atoms with Crippen molar-refractivity contribution in [3.63, 3.8) is 0 Å². The molecule has 1 fully saturated rings. The van der Waals surface area contributed by atoms with Crippen LogP contribution in [-0.2, 0) is 6.42 Å². The molecule has 1 aliphatic carbocycles. The smallest absolute Gasteiger partial charge is 0.327 e. The highest BCUT2D eigenvalue weighted by Crippen LogP contribution is 2.40. The van der Waals surface area contributed by atoms with Crippen LogP contribution in [0.2, 0.25) is 0 Å². The Morgan fingerprint density at radius 3 is 2.38 bits per heavy atom. The average Bonchev–Trinajstić information content (AvgIpc) is 2.43. The first-order chi connectivity index (χ1) is 9.79. The van der Waals surface area contributed by atoms with Crippen LogP contribution in [0, 0.1) is 17.7 Å². The van der Waals surface area contributed by atoms with Gasteiger partial charge in [0.25, 0.3) is 0 Å². The van der Waals surface area contributed by atoms with E-state index in [1.54, 1.807) is 12.1 Å². The van der Waals surface area contributed by atoms with E-state index < -0.39 is 12.1 Å². The molecule has 2 rings (SSSR count). The van der Waals surface area contributed by atoms with Crippen molar-refractivity contribution in [1.82, 2.24) is 0 Å². The molecular formula is C15H18BrF4N. The van der Waals surface area contributed by atoms with E-state index >= 15 is 0 Å². The molecule has 1 nitrogen and oxygen atoms in total. The van der Waals surface area contributed by atoms with Gasteiger partial charge in [0.05, 0.1) is 10.4 Å². The van der Waals surface area contributed by atoms with Gasteiger partial charge in [0.15, 0.2) is 0 Å². The monoisotopic (exact) mass is 367 g/mol. The summed E-state index contributed by atoms with van der Waals surface area (Å²) in [5.41, 5.74) is 6.89. The maximum absolute atomic E-state index is 13.4. The largest absolute Gasteiger partial charge is 0.391 e. The van der Waals surface area contributed by atoms with Crippen molar-refractivity contribution in [2.24, 2.45) is 17.6 Å². The highest BCUT2D eigenvalue weighted by molar-refractivity contribution is 9.10. The van der Waals surface area contributed by atoms with Gasteiger partial charge in [-0.15, -0.1) is 0 Å². The van der Waals surface area contributed by atoms with E-state index in [-0.39, 0.29) is 30.6 Å². The second kappa shape index (κ2) is 6.65. The standard InChI is InChI=1S/C15H18BrF4N/c16-14-10(2-1-3-12(14)17)8-13(21)9-4-6-11(7-5-9)15(18,19)20/h1-3,9,11,13H,4-8,21H2. The topological polar surface area (TPSA) is 26.0 Å². The Labute approximate surface area is 130 Å². The molecule has 0 spiro atoms. The van der Waals surface area contributed by atoms with Crippen LogP contribution in [-0.4, -0.2) is 12.2 Å². The zero-order chi connectivity index (χ0) is 15.6. The third-order valence-corrected chi connectivity index (χ3v) is 5.22. The van der Waals surface area contributed by atoms with Crippen molar-refractivity contribution in [1.29, 1.82) is 0 Å². The summed E-state index contributed by atoms with van der Waals surface area (Å²) < 4.78 is 51.7. The van der Waals surface area contributed by atoms with Gasteiger partial charge < -0.3 is 5.73 Å². The van der Waals surface area contributed by atoms with Gasteiger partial charge in [-0.1, -0.05) is 12.1 Å². The third kappa shape index (κ3) is 4.19. The van der Waals surface area contributed by atoms with Crippen molar-refractivity contribution < 1.29 is 17.6 Å². The molecule has 0 aromatic heterocycles. The van der Waals surface area contributed by atoms with Crippen LogP contribution in [0.1, 0.15) is 31.2 Å². The van der Waals surface area contributed by atoms with Crippen LogP contribution in [0.5, 0.6) is 0 Å². The van der Waals surface area contributed by atoms with Gasteiger partial charge in [0, 0.05) is 6.04 Å². The number of hydrogen-bond donors (Lipinski definition) is 1. The normalized spacial score (nSPS) is 24.9. The molecule has 1 aromatic rings. The zero-order valence-corrected chi connectivity index (χ0v) is 13.1. The maximum atomic E-state index is 13.4. The molecule has 1 unspecified atom stereocenters. The average molecular weight is 368 g/mol. The number of benzene rings is 1. The van der Waals surface area contributed by atoms with Gasteiger partial charge in [-0.2, -0.15) is 13.2 Å². The lowest BCUT2D eigenvalue weighted by Crippen LogP contribution is -2.37. The molecule has 0 aliphatic heterocycles. The molecule has 0 bridgehead atoms. The molecule has 1 atom stereocenters. The maximum Gasteiger partial charge on any atom is 0.391 e. The van der Waals surface area contributed by atoms with Crippen molar-refractivity contribution in [3.8, 4) is 0 Å². The van der Waals surface area contributed by atoms with Crippen LogP contribution in [0.15, 0.2) is 22.7 Å². The predicted molar refractivity (Wildman–Crippen MR) is 77.3 cm³/mol. The summed E-state index contributed by atoms with van der Waals surface area (Å²) in [5, 5.41) is 0. The van der Waals surface area contributed by atoms with Crippen molar-refractivity contribution in [2.45, 2.75) is 44.3 Å². The second-order valence-electron chi connectivity index (χ2n) is 5.73. The minimum Gasteiger partial charge on any atom is -0.327 e. The minimum absolute atomic E-state index is 0.0683. The molecule has 1 saturated carbocycles. The predicted octanol–water partition coefficient (Wildman–Crippen LogP) is 4.83. The quantitative estimate of drug-likeness (QED) is 0.761. The summed E-state index contributed by atoms with van der Waals surface area (Å²) in [6, 6.07) is 4.52. The van der Waals surface area contributed by atoms with E-state index in [2.05, 4.69) is 15.9 Å². The zero-order valence-electron chi connectivity index (χ0n) is 11.5. The van der Waals surface area contributed by atoms with Gasteiger partial charge in [0.1, 0.15) is 5.82 Å². The fourth-order valence-electron chi connectivity index (χ4n) is 3.00. The Kier molecular flexibility index (Phi) is 5.30. The summed E-state index contributed by atoms with van der Waals surface area (Å²) in [7, 11) is 0. The highest BCUT2D eigenvalue weighted by atomic mass is 79.9. The molecule has 2 N–H and O–H groups in total. The first-order valence-corrected chi connectivity index (χ1v) is 7.83. The molecule has 1 aliphatic rings. The van der Waals surface area contributed by atoms with E-state index in [0.29, 0.717) is 23.7 Å². The number of rotatable bonds is 3. The SMILES string of the molecule is NC(Cc1cccc(F)c1Br)C1CCC(C(F)(F)F)CC1. The van der Waals surface area contributed by atoms with Crippen LogP contribution < -0.4 is 5.73 Å². The van der Waals surface area contributed by atoms with Gasteiger partial charge >= 0.3 is 6.18 Å². The molecule has 0 heterocycles. The molecule has 21 heavy (non-hydrogen) atoms. The fourth-order valence-corrected chi connectivity index (χ4v) is 3.43. The lowest BCUT2D eigenvalue weighted by molar-refractivity contribution is -0.184. The molecule has 6 heteroatoms. The Balaban J connectivity index is 1.93. The summed E-state index contributed by atoms with van der Waals surface area (Å²) in [6.45, 7) is 0. The third-order valence-electron chi connectivity index (χ3n) is 4.33. The summed E-state index contributed by atoms with van der Waals surface area (Å²) in [6.07, 6.45) is -2.37. The van der Waals surface area contributed by atoms with Crippen LogP contribution in [0.25, 0.3) is 0 Å². The molecule has 0 amide bonds. The van der Waals surface area contributed by atoms with Crippen molar-refractivity contribution in [2.75, 3.05) is 0 Å². The van der Waals surface area contributed by atoms with E-state index in [0.717, 1.165) is 5.56 Å². The van der Waals surface area contributed by atoms with Gasteiger partial charge in [-0.3, -0.25) is 0 Å². The lowest BCUT2D eigenvalue weighted by atomic mass is 9.77. The number of hydrogen-bond acceptors (Lipinski definition) is 1. The van der Waals surface area contributed by atoms with Gasteiger partial charge in [0.2, 0.25) is 0 Å². The molecule has 118 valence electrons.